The van der Waals surface area contributed by atoms with Gasteiger partial charge in [0.15, 0.2) is 0 Å². The van der Waals surface area contributed by atoms with Crippen LogP contribution in [0.5, 0.6) is 0 Å². The van der Waals surface area contributed by atoms with Crippen LogP contribution in [0.3, 0.4) is 0 Å². The molecule has 0 spiro atoms. The average molecular weight is 240 g/mol. The molecule has 0 saturated carbocycles. The van der Waals surface area contributed by atoms with E-state index in [1.54, 1.807) is 0 Å². The van der Waals surface area contributed by atoms with E-state index >= 15 is 0 Å². The second-order valence-corrected chi connectivity index (χ2v) is 0. The molecule has 4 heavy (non-hydrogen) atoms. The average Bonchev–Trinajstić information content (AvgIpc) is 1.00. The summed E-state index contributed by atoms with van der Waals surface area (Å²) in [6.45, 7) is 0. The first kappa shape index (κ1) is 15.7. The van der Waals surface area contributed by atoms with Crippen LogP contribution in [0.4, 0.5) is 0 Å². The summed E-state index contributed by atoms with van der Waals surface area (Å²) in [4.78, 5) is 0. The van der Waals surface area contributed by atoms with E-state index in [0.717, 1.165) is 0 Å². The predicted octanol–water partition coefficient (Wildman–Crippen LogP) is -2.59. The molecule has 0 nitrogen and oxygen atoms in total. The summed E-state index contributed by atoms with van der Waals surface area (Å²) in [5.74, 6) is 0. The van der Waals surface area contributed by atoms with Gasteiger partial charge in [-0.3, -0.25) is 0 Å². The molecule has 0 aliphatic carbocycles. The van der Waals surface area contributed by atoms with Crippen LogP contribution in [0.25, 0.3) is 0 Å². The molecule has 0 saturated heterocycles. The Labute approximate surface area is 127 Å². The summed E-state index contributed by atoms with van der Waals surface area (Å²) in [7, 11) is 0. The van der Waals surface area contributed by atoms with Gasteiger partial charge in [0.25, 0.3) is 0 Å². The molecule has 18 valence electrons. The van der Waals surface area contributed by atoms with E-state index in [9.17, 15) is 0 Å². The molecule has 0 fully saturated rings. The number of rotatable bonds is 0. The molecular weight excluding hydrogens is 236 g/mol. The molecule has 0 aromatic heterocycles. The Bertz CT molecular complexity index is 4.00. The Balaban J connectivity index is -0.00000000500. The van der Waals surface area contributed by atoms with Crippen molar-refractivity contribution in [1.29, 1.82) is 0 Å². The van der Waals surface area contributed by atoms with E-state index in [4.69, 9.17) is 0 Å². The second kappa shape index (κ2) is 15.7. The zero-order valence-electron chi connectivity index (χ0n) is 0.894. The standard InChI is InChI=1S/2K.H2Se2.2H/c;;1-2;;/h;;1-2H;;. The van der Waals surface area contributed by atoms with Crippen LogP contribution >= 0.6 is 0 Å². The van der Waals surface area contributed by atoms with E-state index in [1.165, 1.54) is 0 Å². The number of hydrogen-bond acceptors (Lipinski definition) is 0. The fraction of sp³-hybridized carbons (Fsp3) is 0. The van der Waals surface area contributed by atoms with Crippen molar-refractivity contribution < 1.29 is 0 Å². The minimum absolute atomic E-state index is 0. The molecule has 4 heteroatoms. The number of hydrogen-bond donors (Lipinski definition) is 0. The van der Waals surface area contributed by atoms with Crippen LogP contribution in [0.15, 0.2) is 0 Å². The molecule has 0 aromatic carbocycles. The summed E-state index contributed by atoms with van der Waals surface area (Å²) in [6.07, 6.45) is 0. The van der Waals surface area contributed by atoms with Crippen molar-refractivity contribution in [2.75, 3.05) is 0 Å². The van der Waals surface area contributed by atoms with Crippen LogP contribution in [0.2, 0.25) is 0 Å². The molecule has 0 bridgehead atoms. The van der Waals surface area contributed by atoms with Crippen molar-refractivity contribution >= 4 is 131 Å². The molecule has 0 unspecified atom stereocenters. The molecule has 0 radical (unpaired) electrons. The van der Waals surface area contributed by atoms with E-state index in [0.29, 0.717) is 0 Å². The fourth-order valence-electron chi connectivity index (χ4n) is 0. The molecule has 0 atom stereocenters. The Morgan fingerprint density at radius 2 is 0.750 bits per heavy atom. The zero-order valence-corrected chi connectivity index (χ0v) is 4.65. The third kappa shape index (κ3) is 9.58. The van der Waals surface area contributed by atoms with Gasteiger partial charge in [-0.05, 0) is 0 Å². The summed E-state index contributed by atoms with van der Waals surface area (Å²) in [6, 6.07) is 0. The summed E-state index contributed by atoms with van der Waals surface area (Å²) in [5.41, 5.74) is 0. The van der Waals surface area contributed by atoms with Crippen LogP contribution in [0.1, 0.15) is 0 Å². The first-order valence-corrected chi connectivity index (χ1v) is 5.40. The van der Waals surface area contributed by atoms with Gasteiger partial charge in [-0.1, -0.05) is 0 Å². The summed E-state index contributed by atoms with van der Waals surface area (Å²) in [5, 5.41) is 0. The van der Waals surface area contributed by atoms with Gasteiger partial charge in [-0.2, -0.15) is 0 Å². The molecule has 0 aromatic rings. The molecule has 0 aliphatic rings. The van der Waals surface area contributed by atoms with Gasteiger partial charge in [0.1, 0.15) is 0 Å². The van der Waals surface area contributed by atoms with Crippen molar-refractivity contribution in [3.63, 3.8) is 0 Å². The molecule has 0 aliphatic heterocycles. The van der Waals surface area contributed by atoms with E-state index in [1.807, 2.05) is 0 Å². The third-order valence-corrected chi connectivity index (χ3v) is 0. The van der Waals surface area contributed by atoms with Gasteiger partial charge >= 0.3 is 131 Å². The Hall–Kier alpha value is 4.31. The van der Waals surface area contributed by atoms with Gasteiger partial charge < -0.3 is 0 Å². The Morgan fingerprint density at radius 1 is 0.750 bits per heavy atom. The van der Waals surface area contributed by atoms with Gasteiger partial charge in [0.2, 0.25) is 0 Å². The minimum atomic E-state index is 0. The summed E-state index contributed by atoms with van der Waals surface area (Å²) >= 11 is 4.50. The van der Waals surface area contributed by atoms with Gasteiger partial charge in [-0.25, -0.2) is 0 Å². The van der Waals surface area contributed by atoms with Crippen LogP contribution in [-0.2, 0) is 0 Å². The molecular formula is H4K2Se2. The maximum atomic E-state index is 2.25. The van der Waals surface area contributed by atoms with Crippen molar-refractivity contribution in [3.05, 3.63) is 0 Å². The zero-order chi connectivity index (χ0) is 2.00. The van der Waals surface area contributed by atoms with Crippen molar-refractivity contribution in [2.24, 2.45) is 0 Å². The van der Waals surface area contributed by atoms with Gasteiger partial charge in [0, 0.05) is 0 Å². The van der Waals surface area contributed by atoms with Gasteiger partial charge in [0.05, 0.1) is 0 Å². The summed E-state index contributed by atoms with van der Waals surface area (Å²) < 4.78 is 0. The molecule has 0 N–H and O–H groups in total. The van der Waals surface area contributed by atoms with Crippen molar-refractivity contribution in [1.82, 2.24) is 0 Å². The predicted molar refractivity (Wildman–Crippen MR) is 28.6 cm³/mol. The maximum absolute atomic E-state index is 2.25. The van der Waals surface area contributed by atoms with Crippen LogP contribution < -0.4 is 0 Å². The SMILES string of the molecule is [KH].[KH].[SeH][SeH]. The Morgan fingerprint density at radius 3 is 0.750 bits per heavy atom. The van der Waals surface area contributed by atoms with Crippen molar-refractivity contribution in [3.8, 4) is 0 Å². The van der Waals surface area contributed by atoms with Crippen molar-refractivity contribution in [2.45, 2.75) is 0 Å². The van der Waals surface area contributed by atoms with Gasteiger partial charge in [-0.15, -0.1) is 0 Å². The quantitative estimate of drug-likeness (QED) is 0.408. The van der Waals surface area contributed by atoms with E-state index in [2.05, 4.69) is 28.4 Å². The molecule has 0 amide bonds. The van der Waals surface area contributed by atoms with E-state index < -0.39 is 0 Å². The fourth-order valence-corrected chi connectivity index (χ4v) is 0. The molecule has 0 heterocycles. The normalized spacial score (nSPS) is 1.50. The Kier molecular flexibility index (Phi) is 61.7. The molecule has 0 rings (SSSR count). The first-order valence-electron chi connectivity index (χ1n) is 0.200. The second-order valence-electron chi connectivity index (χ2n) is 0. The topological polar surface area (TPSA) is 0 Å². The first-order chi connectivity index (χ1) is 1.00. The van der Waals surface area contributed by atoms with Crippen LogP contribution in [-0.4, -0.2) is 131 Å². The monoisotopic (exact) mass is 242 g/mol. The third-order valence-electron chi connectivity index (χ3n) is 0. The van der Waals surface area contributed by atoms with E-state index in [-0.39, 0.29) is 103 Å². The van der Waals surface area contributed by atoms with Crippen LogP contribution in [0, 0.1) is 0 Å².